The zero-order chi connectivity index (χ0) is 7.11. The monoisotopic (exact) mass is 358 g/mol. The van der Waals surface area contributed by atoms with Gasteiger partial charge in [-0.05, 0) is 4.01 Å². The smallest absolute Gasteiger partial charge is 0.115 e. The summed E-state index contributed by atoms with van der Waals surface area (Å²) in [6, 6.07) is 0. The molecule has 0 spiro atoms. The molecule has 0 radical (unpaired) electrons. The van der Waals surface area contributed by atoms with Crippen molar-refractivity contribution in [3.8, 4) is 0 Å². The molecule has 0 aliphatic rings. The molecule has 0 saturated heterocycles. The van der Waals surface area contributed by atoms with E-state index in [2.05, 4.69) is 0 Å². The van der Waals surface area contributed by atoms with Crippen LogP contribution in [0, 0.1) is 0 Å². The minimum atomic E-state index is -0.464. The molecule has 0 heterocycles. The van der Waals surface area contributed by atoms with Gasteiger partial charge in [0, 0.05) is 4.08 Å². The van der Waals surface area contributed by atoms with Crippen LogP contribution in [0.4, 0.5) is 8.78 Å². The molecular weight excluding hydrogens is 352 g/mol. The Morgan fingerprint density at radius 1 is 1.67 bits per heavy atom. The lowest BCUT2D eigenvalue weighted by Gasteiger charge is -1.80. The zero-order valence-electron chi connectivity index (χ0n) is 4.58. The molecule has 0 unspecified atom stereocenters. The second-order valence-corrected chi connectivity index (χ2v) is 4.11. The molecule has 0 aliphatic heterocycles. The fraction of sp³-hybridized carbons (Fsp3) is 0.400. The molecule has 0 bridgehead atoms. The topological polar surface area (TPSA) is 0 Å². The van der Waals surface area contributed by atoms with Gasteiger partial charge in [-0.2, -0.15) is 0 Å². The molecule has 0 saturated carbocycles. The van der Waals surface area contributed by atoms with Crippen molar-refractivity contribution < 1.29 is 8.78 Å². The second kappa shape index (κ2) is 7.04. The lowest BCUT2D eigenvalue weighted by Crippen LogP contribution is -1.68. The van der Waals surface area contributed by atoms with Gasteiger partial charge in [-0.1, -0.05) is 43.3 Å². The molecule has 0 rings (SSSR count). The summed E-state index contributed by atoms with van der Waals surface area (Å²) in [7, 11) is 0. The minimum absolute atomic E-state index is 0.131. The number of hydrogen-bond donors (Lipinski definition) is 0. The van der Waals surface area contributed by atoms with Crippen LogP contribution in [0.5, 0.6) is 0 Å². The van der Waals surface area contributed by atoms with E-state index in [0.717, 1.165) is 0 Å². The van der Waals surface area contributed by atoms with Gasteiger partial charge in [-0.15, -0.1) is 0 Å². The molecule has 4 heteroatoms. The van der Waals surface area contributed by atoms with Gasteiger partial charge in [-0.3, -0.25) is 0 Å². The summed E-state index contributed by atoms with van der Waals surface area (Å²) in [5.74, 6) is -0.131. The van der Waals surface area contributed by atoms with Gasteiger partial charge in [0.1, 0.15) is 12.5 Å². The quantitative estimate of drug-likeness (QED) is 0.538. The van der Waals surface area contributed by atoms with Crippen molar-refractivity contribution in [3.05, 3.63) is 9.91 Å². The van der Waals surface area contributed by atoms with Crippen LogP contribution < -0.4 is 0 Å². The predicted octanol–water partition coefficient (Wildman–Crippen LogP) is 2.97. The number of rotatable bonds is 3. The van der Waals surface area contributed by atoms with Gasteiger partial charge in [0.15, 0.2) is 0 Å². The molecule has 0 nitrogen and oxygen atoms in total. The fourth-order valence-corrected chi connectivity index (χ4v) is 2.30. The first-order valence-corrected chi connectivity index (χ1v) is 6.23. The summed E-state index contributed by atoms with van der Waals surface area (Å²) in [4.78, 5) is 0. The van der Waals surface area contributed by atoms with Crippen molar-refractivity contribution in [1.29, 1.82) is 0 Å². The standard InChI is InChI=1S/C5H6F2I2/c6-1-2-9-4-5(7)3-8/h2,4H,1,3H2/b5-4+. The predicted molar refractivity (Wildman–Crippen MR) is 54.1 cm³/mol. The molecule has 0 aromatic rings. The van der Waals surface area contributed by atoms with Gasteiger partial charge >= 0.3 is 0 Å². The molecule has 0 aromatic heterocycles. The van der Waals surface area contributed by atoms with Crippen LogP contribution in [0.15, 0.2) is 9.91 Å². The third kappa shape index (κ3) is 6.82. The highest BCUT2D eigenvalue weighted by Crippen LogP contribution is 2.08. The van der Waals surface area contributed by atoms with E-state index in [1.54, 1.807) is 0 Å². The van der Waals surface area contributed by atoms with Gasteiger partial charge in [-0.25, -0.2) is 8.78 Å². The molecule has 9 heavy (non-hydrogen) atoms. The largest absolute Gasteiger partial charge is 0.246 e. The molecule has 0 N–H and O–H groups in total. The lowest BCUT2D eigenvalue weighted by molar-refractivity contribution is 0.591. The van der Waals surface area contributed by atoms with E-state index in [4.69, 9.17) is 0 Å². The van der Waals surface area contributed by atoms with Crippen molar-refractivity contribution in [3.63, 3.8) is 0 Å². The van der Waals surface area contributed by atoms with Gasteiger partial charge < -0.3 is 0 Å². The average molecular weight is 358 g/mol. The van der Waals surface area contributed by atoms with Crippen molar-refractivity contribution >= 4 is 47.3 Å². The van der Waals surface area contributed by atoms with Gasteiger partial charge in [0.25, 0.3) is 0 Å². The third-order valence-electron chi connectivity index (χ3n) is 0.456. The zero-order valence-corrected chi connectivity index (χ0v) is 8.90. The Labute approximate surface area is 76.6 Å². The maximum atomic E-state index is 12.2. The van der Waals surface area contributed by atoms with Crippen molar-refractivity contribution in [1.82, 2.24) is 0 Å². The van der Waals surface area contributed by atoms with E-state index in [0.29, 0.717) is 4.43 Å². The van der Waals surface area contributed by atoms with Crippen LogP contribution in [-0.4, -0.2) is 15.1 Å². The summed E-state index contributed by atoms with van der Waals surface area (Å²) in [6.07, 6.45) is 0. The molecule has 0 aromatic carbocycles. The van der Waals surface area contributed by atoms with Crippen LogP contribution in [0.3, 0.4) is 0 Å². The number of alkyl halides is 2. The first-order valence-electron chi connectivity index (χ1n) is 2.21. The average Bonchev–Trinajstić information content (AvgIpc) is 1.89. The third-order valence-corrected chi connectivity index (χ3v) is 3.06. The number of allylic oxidation sites excluding steroid dienone is 1. The first kappa shape index (κ1) is 9.93. The second-order valence-electron chi connectivity index (χ2n) is 1.12. The maximum absolute atomic E-state index is 12.2. The van der Waals surface area contributed by atoms with Crippen molar-refractivity contribution in [2.24, 2.45) is 0 Å². The van der Waals surface area contributed by atoms with E-state index < -0.39 is 27.4 Å². The Morgan fingerprint density at radius 3 is 2.78 bits per heavy atom. The molecule has 0 amide bonds. The Balaban J connectivity index is 3.55. The fourth-order valence-electron chi connectivity index (χ4n) is 0.176. The number of halogens is 4. The van der Waals surface area contributed by atoms with Crippen LogP contribution in [-0.2, 0) is 0 Å². The molecule has 0 fully saturated rings. The van der Waals surface area contributed by atoms with Crippen LogP contribution in [0.1, 0.15) is 0 Å². The molecule has 54 valence electrons. The van der Waals surface area contributed by atoms with Gasteiger partial charge in [0.05, 0.1) is 4.43 Å². The minimum Gasteiger partial charge on any atom is -0.246 e. The summed E-state index contributed by atoms with van der Waals surface area (Å²) in [5.41, 5.74) is 0. The van der Waals surface area contributed by atoms with E-state index in [1.807, 2.05) is 22.6 Å². The Bertz CT molecular complexity index is 120. The highest BCUT2D eigenvalue weighted by atomic mass is 127. The Morgan fingerprint density at radius 2 is 2.33 bits per heavy atom. The van der Waals surface area contributed by atoms with Crippen LogP contribution in [0.2, 0.25) is 0 Å². The summed E-state index contributed by atoms with van der Waals surface area (Å²) < 4.78 is 26.9. The van der Waals surface area contributed by atoms with Crippen LogP contribution >= 0.6 is 43.3 Å². The van der Waals surface area contributed by atoms with E-state index in [-0.39, 0.29) is 5.83 Å². The van der Waals surface area contributed by atoms with E-state index >= 15 is 0 Å². The molecular formula is C5H6F2I2. The highest BCUT2D eigenvalue weighted by molar-refractivity contribution is 14.2. The Hall–Kier alpha value is 0.930. The highest BCUT2D eigenvalue weighted by Gasteiger charge is 1.84. The lowest BCUT2D eigenvalue weighted by atomic mass is 10.7. The number of hydrogen-bond acceptors (Lipinski definition) is 0. The van der Waals surface area contributed by atoms with Crippen molar-refractivity contribution in [2.75, 3.05) is 11.1 Å². The SMILES string of the molecule is FC/C=I\C=C(\F)CI. The maximum Gasteiger partial charge on any atom is 0.115 e. The summed E-state index contributed by atoms with van der Waals surface area (Å²) in [5, 5.41) is 0. The summed E-state index contributed by atoms with van der Waals surface area (Å²) >= 11 is 1.47. The molecule has 0 aliphatic carbocycles. The first-order chi connectivity index (χ1) is 4.31. The van der Waals surface area contributed by atoms with Crippen LogP contribution in [0.25, 0.3) is 0 Å². The molecule has 0 atom stereocenters. The van der Waals surface area contributed by atoms with Crippen molar-refractivity contribution in [2.45, 2.75) is 0 Å². The van der Waals surface area contributed by atoms with E-state index in [1.165, 1.54) is 8.09 Å². The summed E-state index contributed by atoms with van der Waals surface area (Å²) in [6.45, 7) is -0.432. The van der Waals surface area contributed by atoms with Gasteiger partial charge in [0.2, 0.25) is 0 Å². The van der Waals surface area contributed by atoms with E-state index in [9.17, 15) is 8.78 Å². The Kier molecular flexibility index (Phi) is 7.77. The normalized spacial score (nSPS) is 13.9.